The molecule has 1 aliphatic rings. The first-order valence-electron chi connectivity index (χ1n) is 4.87. The molecule has 0 atom stereocenters. The molecule has 0 aromatic heterocycles. The van der Waals surface area contributed by atoms with Crippen LogP contribution in [-0.2, 0) is 0 Å². The van der Waals surface area contributed by atoms with Gasteiger partial charge in [0.2, 0.25) is 0 Å². The van der Waals surface area contributed by atoms with Crippen molar-refractivity contribution in [1.29, 1.82) is 0 Å². The van der Waals surface area contributed by atoms with E-state index in [4.69, 9.17) is 5.73 Å². The molecule has 0 aliphatic carbocycles. The monoisotopic (exact) mass is 181 g/mol. The van der Waals surface area contributed by atoms with Crippen molar-refractivity contribution in [2.75, 3.05) is 19.6 Å². The molecule has 0 fully saturated rings. The highest BCUT2D eigenvalue weighted by Crippen LogP contribution is 2.12. The summed E-state index contributed by atoms with van der Waals surface area (Å²) in [4.78, 5) is 4.38. The van der Waals surface area contributed by atoms with Gasteiger partial charge in [-0.25, -0.2) is 0 Å². The summed E-state index contributed by atoms with van der Waals surface area (Å²) in [6, 6.07) is 0. The number of hydrogen-bond acceptors (Lipinski definition) is 3. The molecule has 1 heterocycles. The minimum absolute atomic E-state index is 0.696. The molecule has 0 aromatic carbocycles. The van der Waals surface area contributed by atoms with Gasteiger partial charge in [-0.1, -0.05) is 6.92 Å². The van der Waals surface area contributed by atoms with E-state index in [1.807, 2.05) is 0 Å². The van der Waals surface area contributed by atoms with Crippen molar-refractivity contribution < 1.29 is 0 Å². The zero-order valence-electron chi connectivity index (χ0n) is 8.53. The van der Waals surface area contributed by atoms with Crippen molar-refractivity contribution in [3.8, 4) is 0 Å². The minimum atomic E-state index is 0.696. The molecular weight excluding hydrogens is 162 g/mol. The molecule has 13 heavy (non-hydrogen) atoms. The summed E-state index contributed by atoms with van der Waals surface area (Å²) in [6.45, 7) is 7.00. The second-order valence-corrected chi connectivity index (χ2v) is 3.29. The standard InChI is InChI=1S/C10H19N3/c1-3-5-13-8-7-12(6-4-11)9-10(13)2/h7-9H,3-6,11H2,1-2H3. The van der Waals surface area contributed by atoms with Crippen molar-refractivity contribution in [2.45, 2.75) is 20.3 Å². The lowest BCUT2D eigenvalue weighted by Crippen LogP contribution is -2.27. The van der Waals surface area contributed by atoms with Gasteiger partial charge in [-0.3, -0.25) is 0 Å². The van der Waals surface area contributed by atoms with Gasteiger partial charge in [0.25, 0.3) is 0 Å². The maximum absolute atomic E-state index is 5.48. The van der Waals surface area contributed by atoms with Crippen LogP contribution in [0.15, 0.2) is 24.3 Å². The summed E-state index contributed by atoms with van der Waals surface area (Å²) in [6.07, 6.45) is 7.51. The molecular formula is C10H19N3. The lowest BCUT2D eigenvalue weighted by molar-refractivity contribution is 0.395. The molecule has 0 radical (unpaired) electrons. The van der Waals surface area contributed by atoms with E-state index < -0.39 is 0 Å². The van der Waals surface area contributed by atoms with Crippen LogP contribution in [0.25, 0.3) is 0 Å². The molecule has 0 saturated carbocycles. The van der Waals surface area contributed by atoms with E-state index in [2.05, 4.69) is 42.2 Å². The quantitative estimate of drug-likeness (QED) is 0.709. The predicted octanol–water partition coefficient (Wildman–Crippen LogP) is 1.31. The second-order valence-electron chi connectivity index (χ2n) is 3.29. The molecule has 0 saturated heterocycles. The first-order chi connectivity index (χ1) is 6.27. The van der Waals surface area contributed by atoms with Crippen molar-refractivity contribution >= 4 is 0 Å². The van der Waals surface area contributed by atoms with Crippen LogP contribution in [0.2, 0.25) is 0 Å². The van der Waals surface area contributed by atoms with Crippen LogP contribution in [0, 0.1) is 0 Å². The fourth-order valence-electron chi connectivity index (χ4n) is 1.42. The molecule has 1 aliphatic heterocycles. The van der Waals surface area contributed by atoms with Crippen LogP contribution < -0.4 is 5.73 Å². The Morgan fingerprint density at radius 3 is 2.62 bits per heavy atom. The van der Waals surface area contributed by atoms with Crippen molar-refractivity contribution in [1.82, 2.24) is 9.80 Å². The van der Waals surface area contributed by atoms with Gasteiger partial charge in [-0.2, -0.15) is 0 Å². The summed E-state index contributed by atoms with van der Waals surface area (Å²) in [5.74, 6) is 0. The van der Waals surface area contributed by atoms with Crippen LogP contribution in [0.4, 0.5) is 0 Å². The summed E-state index contributed by atoms with van der Waals surface area (Å²) in [5.41, 5.74) is 6.77. The third kappa shape index (κ3) is 2.77. The molecule has 1 rings (SSSR count). The lowest BCUT2D eigenvalue weighted by Gasteiger charge is -2.28. The van der Waals surface area contributed by atoms with Crippen molar-refractivity contribution in [3.05, 3.63) is 24.3 Å². The van der Waals surface area contributed by atoms with E-state index in [9.17, 15) is 0 Å². The van der Waals surface area contributed by atoms with Crippen molar-refractivity contribution in [2.24, 2.45) is 5.73 Å². The largest absolute Gasteiger partial charge is 0.350 e. The van der Waals surface area contributed by atoms with Gasteiger partial charge in [-0.05, 0) is 13.3 Å². The van der Waals surface area contributed by atoms with Gasteiger partial charge >= 0.3 is 0 Å². The Morgan fingerprint density at radius 2 is 2.08 bits per heavy atom. The van der Waals surface area contributed by atoms with Gasteiger partial charge < -0.3 is 15.5 Å². The fraction of sp³-hybridized carbons (Fsp3) is 0.600. The smallest absolute Gasteiger partial charge is 0.0343 e. The molecule has 74 valence electrons. The van der Waals surface area contributed by atoms with Crippen molar-refractivity contribution in [3.63, 3.8) is 0 Å². The first kappa shape index (κ1) is 10.1. The SMILES string of the molecule is CCCN1C=CN(CCN)C=C1C. The zero-order valence-corrected chi connectivity index (χ0v) is 8.53. The number of allylic oxidation sites excluding steroid dienone is 1. The van der Waals surface area contributed by atoms with Gasteiger partial charge in [0.15, 0.2) is 0 Å². The summed E-state index contributed by atoms with van der Waals surface area (Å²) in [7, 11) is 0. The molecule has 0 aromatic rings. The van der Waals surface area contributed by atoms with Gasteiger partial charge in [-0.15, -0.1) is 0 Å². The summed E-state index contributed by atoms with van der Waals surface area (Å²) >= 11 is 0. The second kappa shape index (κ2) is 4.92. The molecule has 2 N–H and O–H groups in total. The van der Waals surface area contributed by atoms with E-state index in [0.717, 1.165) is 13.1 Å². The van der Waals surface area contributed by atoms with Crippen LogP contribution in [0.5, 0.6) is 0 Å². The van der Waals surface area contributed by atoms with Gasteiger partial charge in [0.1, 0.15) is 0 Å². The lowest BCUT2D eigenvalue weighted by atomic mass is 10.3. The van der Waals surface area contributed by atoms with Gasteiger partial charge in [0, 0.05) is 43.9 Å². The Morgan fingerprint density at radius 1 is 1.31 bits per heavy atom. The van der Waals surface area contributed by atoms with Crippen LogP contribution >= 0.6 is 0 Å². The molecule has 0 amide bonds. The highest BCUT2D eigenvalue weighted by atomic mass is 15.2. The van der Waals surface area contributed by atoms with E-state index in [0.29, 0.717) is 6.54 Å². The molecule has 3 heteroatoms. The van der Waals surface area contributed by atoms with Crippen LogP contribution in [0.3, 0.4) is 0 Å². The Hall–Kier alpha value is -0.960. The minimum Gasteiger partial charge on any atom is -0.350 e. The van der Waals surface area contributed by atoms with E-state index in [1.165, 1.54) is 12.1 Å². The van der Waals surface area contributed by atoms with Crippen LogP contribution in [-0.4, -0.2) is 29.4 Å². The maximum atomic E-state index is 5.48. The van der Waals surface area contributed by atoms with Crippen LogP contribution in [0.1, 0.15) is 20.3 Å². The molecule has 0 unspecified atom stereocenters. The summed E-state index contributed by atoms with van der Waals surface area (Å²) < 4.78 is 0. The highest BCUT2D eigenvalue weighted by Gasteiger charge is 2.07. The third-order valence-corrected chi connectivity index (χ3v) is 2.10. The Balaban J connectivity index is 2.51. The molecule has 0 spiro atoms. The number of rotatable bonds is 4. The first-order valence-corrected chi connectivity index (χ1v) is 4.87. The Kier molecular flexibility index (Phi) is 3.83. The van der Waals surface area contributed by atoms with E-state index >= 15 is 0 Å². The fourth-order valence-corrected chi connectivity index (χ4v) is 1.42. The number of nitrogens with zero attached hydrogens (tertiary/aromatic N) is 2. The number of nitrogens with two attached hydrogens (primary N) is 1. The Labute approximate surface area is 80.5 Å². The van der Waals surface area contributed by atoms with E-state index in [1.54, 1.807) is 0 Å². The normalized spacial score (nSPS) is 16.4. The zero-order chi connectivity index (χ0) is 9.68. The highest BCUT2D eigenvalue weighted by molar-refractivity contribution is 5.09. The molecule has 3 nitrogen and oxygen atoms in total. The molecule has 0 bridgehead atoms. The average molecular weight is 181 g/mol. The number of hydrogen-bond donors (Lipinski definition) is 1. The summed E-state index contributed by atoms with van der Waals surface area (Å²) in [5, 5.41) is 0. The topological polar surface area (TPSA) is 32.5 Å². The Bertz CT molecular complexity index is 208. The van der Waals surface area contributed by atoms with Gasteiger partial charge in [0.05, 0.1) is 0 Å². The maximum Gasteiger partial charge on any atom is 0.0343 e. The predicted molar refractivity (Wildman–Crippen MR) is 55.7 cm³/mol. The van der Waals surface area contributed by atoms with E-state index in [-0.39, 0.29) is 0 Å². The third-order valence-electron chi connectivity index (χ3n) is 2.10. The average Bonchev–Trinajstić information content (AvgIpc) is 2.10.